The van der Waals surface area contributed by atoms with E-state index in [0.717, 1.165) is 32.4 Å². The predicted octanol–water partition coefficient (Wildman–Crippen LogP) is 2.34. The second kappa shape index (κ2) is 6.71. The molecule has 0 radical (unpaired) electrons. The summed E-state index contributed by atoms with van der Waals surface area (Å²) in [4.78, 5) is 14.3. The summed E-state index contributed by atoms with van der Waals surface area (Å²) < 4.78 is 0. The van der Waals surface area contributed by atoms with Crippen LogP contribution in [-0.2, 0) is 17.8 Å². The highest BCUT2D eigenvalue weighted by molar-refractivity contribution is 5.76. The molecular weight excluding hydrogens is 236 g/mol. The summed E-state index contributed by atoms with van der Waals surface area (Å²) in [6, 6.07) is 8.46. The minimum absolute atomic E-state index is 0.275. The molecule has 1 amide bonds. The molecule has 2 N–H and O–H groups in total. The fourth-order valence-corrected chi connectivity index (χ4v) is 2.56. The van der Waals surface area contributed by atoms with Crippen LogP contribution >= 0.6 is 0 Å². The maximum Gasteiger partial charge on any atom is 0.222 e. The summed E-state index contributed by atoms with van der Waals surface area (Å²) in [6.07, 6.45) is 3.67. The quantitative estimate of drug-likeness (QED) is 0.903. The molecule has 1 heterocycles. The van der Waals surface area contributed by atoms with Crippen molar-refractivity contribution < 1.29 is 4.79 Å². The predicted molar refractivity (Wildman–Crippen MR) is 77.6 cm³/mol. The summed E-state index contributed by atoms with van der Waals surface area (Å²) in [5.41, 5.74) is 8.30. The molecule has 1 atom stereocenters. The molecule has 2 rings (SSSR count). The van der Waals surface area contributed by atoms with Gasteiger partial charge in [-0.3, -0.25) is 4.79 Å². The standard InChI is InChI=1S/C16H24N2O/c1-13(11-17)8-9-16(19)18-10-4-7-14-5-2-3-6-15(14)12-18/h2-3,5-6,13H,4,7-12,17H2,1H3. The van der Waals surface area contributed by atoms with Crippen molar-refractivity contribution in [3.63, 3.8) is 0 Å². The van der Waals surface area contributed by atoms with Crippen LogP contribution in [0, 0.1) is 5.92 Å². The molecule has 1 aliphatic heterocycles. The SMILES string of the molecule is CC(CN)CCC(=O)N1CCCc2ccccc2C1. The molecule has 3 heteroatoms. The third kappa shape index (κ3) is 3.80. The Morgan fingerprint density at radius 1 is 1.37 bits per heavy atom. The van der Waals surface area contributed by atoms with Crippen LogP contribution < -0.4 is 5.73 Å². The number of hydrogen-bond donors (Lipinski definition) is 1. The van der Waals surface area contributed by atoms with E-state index < -0.39 is 0 Å². The van der Waals surface area contributed by atoms with Crippen LogP contribution in [0.2, 0.25) is 0 Å². The topological polar surface area (TPSA) is 46.3 Å². The first kappa shape index (κ1) is 14.1. The average Bonchev–Trinajstić information content (AvgIpc) is 2.66. The van der Waals surface area contributed by atoms with Gasteiger partial charge < -0.3 is 10.6 Å². The molecule has 1 aromatic carbocycles. The first-order chi connectivity index (χ1) is 9.20. The lowest BCUT2D eigenvalue weighted by atomic mass is 10.0. The van der Waals surface area contributed by atoms with E-state index in [1.807, 2.05) is 4.90 Å². The molecule has 0 saturated heterocycles. The summed E-state index contributed by atoms with van der Waals surface area (Å²) in [5.74, 6) is 0.709. The smallest absolute Gasteiger partial charge is 0.222 e. The zero-order valence-corrected chi connectivity index (χ0v) is 11.8. The largest absolute Gasteiger partial charge is 0.338 e. The number of carbonyl (C=O) groups excluding carboxylic acids is 1. The lowest BCUT2D eigenvalue weighted by Crippen LogP contribution is -2.31. The second-order valence-corrected chi connectivity index (χ2v) is 5.57. The van der Waals surface area contributed by atoms with Crippen LogP contribution in [0.25, 0.3) is 0 Å². The van der Waals surface area contributed by atoms with E-state index in [1.165, 1.54) is 11.1 Å². The van der Waals surface area contributed by atoms with Gasteiger partial charge in [0.2, 0.25) is 5.91 Å². The molecule has 3 nitrogen and oxygen atoms in total. The normalized spacial score (nSPS) is 16.6. The number of carbonyl (C=O) groups is 1. The van der Waals surface area contributed by atoms with Crippen LogP contribution in [0.15, 0.2) is 24.3 Å². The highest BCUT2D eigenvalue weighted by Gasteiger charge is 2.18. The molecule has 0 fully saturated rings. The van der Waals surface area contributed by atoms with E-state index in [0.29, 0.717) is 18.9 Å². The summed E-state index contributed by atoms with van der Waals surface area (Å²) in [5, 5.41) is 0. The Labute approximate surface area is 115 Å². The Kier molecular flexibility index (Phi) is 4.97. The van der Waals surface area contributed by atoms with Gasteiger partial charge in [0.25, 0.3) is 0 Å². The van der Waals surface area contributed by atoms with Crippen molar-refractivity contribution in [2.75, 3.05) is 13.1 Å². The van der Waals surface area contributed by atoms with Crippen molar-refractivity contribution in [1.29, 1.82) is 0 Å². The van der Waals surface area contributed by atoms with Crippen molar-refractivity contribution in [1.82, 2.24) is 4.90 Å². The molecular formula is C16H24N2O. The van der Waals surface area contributed by atoms with Gasteiger partial charge in [0.15, 0.2) is 0 Å². The number of fused-ring (bicyclic) bond motifs is 1. The first-order valence-corrected chi connectivity index (χ1v) is 7.25. The molecule has 0 saturated carbocycles. The highest BCUT2D eigenvalue weighted by Crippen LogP contribution is 2.19. The lowest BCUT2D eigenvalue weighted by Gasteiger charge is -2.21. The van der Waals surface area contributed by atoms with Crippen molar-refractivity contribution in [2.45, 2.75) is 39.2 Å². The number of nitrogens with two attached hydrogens (primary N) is 1. The van der Waals surface area contributed by atoms with E-state index >= 15 is 0 Å². The van der Waals surface area contributed by atoms with E-state index in [-0.39, 0.29) is 5.91 Å². The zero-order chi connectivity index (χ0) is 13.7. The molecule has 0 aliphatic carbocycles. The molecule has 1 aromatic rings. The van der Waals surface area contributed by atoms with Crippen molar-refractivity contribution in [2.24, 2.45) is 11.7 Å². The molecule has 0 bridgehead atoms. The third-order valence-corrected chi connectivity index (χ3v) is 3.96. The van der Waals surface area contributed by atoms with E-state index in [2.05, 4.69) is 31.2 Å². The van der Waals surface area contributed by atoms with Gasteiger partial charge in [0.1, 0.15) is 0 Å². The Morgan fingerprint density at radius 3 is 2.84 bits per heavy atom. The van der Waals surface area contributed by atoms with Crippen LogP contribution in [0.1, 0.15) is 37.3 Å². The fraction of sp³-hybridized carbons (Fsp3) is 0.562. The second-order valence-electron chi connectivity index (χ2n) is 5.57. The highest BCUT2D eigenvalue weighted by atomic mass is 16.2. The van der Waals surface area contributed by atoms with Crippen LogP contribution in [0.3, 0.4) is 0 Å². The Morgan fingerprint density at radius 2 is 2.11 bits per heavy atom. The Hall–Kier alpha value is -1.35. The Bertz CT molecular complexity index is 431. The number of hydrogen-bond acceptors (Lipinski definition) is 2. The monoisotopic (exact) mass is 260 g/mol. The van der Waals surface area contributed by atoms with Gasteiger partial charge >= 0.3 is 0 Å². The maximum atomic E-state index is 12.3. The van der Waals surface area contributed by atoms with Gasteiger partial charge in [-0.1, -0.05) is 31.2 Å². The van der Waals surface area contributed by atoms with Gasteiger partial charge in [0.05, 0.1) is 0 Å². The van der Waals surface area contributed by atoms with Gasteiger partial charge in [-0.15, -0.1) is 0 Å². The minimum atomic E-state index is 0.275. The molecule has 1 aliphatic rings. The van der Waals surface area contributed by atoms with Crippen LogP contribution in [-0.4, -0.2) is 23.9 Å². The molecule has 19 heavy (non-hydrogen) atoms. The van der Waals surface area contributed by atoms with Crippen LogP contribution in [0.5, 0.6) is 0 Å². The average molecular weight is 260 g/mol. The third-order valence-electron chi connectivity index (χ3n) is 3.96. The number of aryl methyl sites for hydroxylation is 1. The van der Waals surface area contributed by atoms with E-state index in [9.17, 15) is 4.79 Å². The summed E-state index contributed by atoms with van der Waals surface area (Å²) >= 11 is 0. The van der Waals surface area contributed by atoms with E-state index in [4.69, 9.17) is 5.73 Å². The van der Waals surface area contributed by atoms with Crippen molar-refractivity contribution in [3.05, 3.63) is 35.4 Å². The molecule has 1 unspecified atom stereocenters. The molecule has 0 aromatic heterocycles. The Balaban J connectivity index is 1.96. The van der Waals surface area contributed by atoms with E-state index in [1.54, 1.807) is 0 Å². The lowest BCUT2D eigenvalue weighted by molar-refractivity contribution is -0.132. The van der Waals surface area contributed by atoms with Crippen molar-refractivity contribution >= 4 is 5.91 Å². The van der Waals surface area contributed by atoms with Crippen LogP contribution in [0.4, 0.5) is 0 Å². The van der Waals surface area contributed by atoms with Crippen molar-refractivity contribution in [3.8, 4) is 0 Å². The minimum Gasteiger partial charge on any atom is -0.338 e. The summed E-state index contributed by atoms with van der Waals surface area (Å²) in [6.45, 7) is 4.41. The van der Waals surface area contributed by atoms with Gasteiger partial charge in [-0.2, -0.15) is 0 Å². The zero-order valence-electron chi connectivity index (χ0n) is 11.8. The number of nitrogens with zero attached hydrogens (tertiary/aromatic N) is 1. The number of amides is 1. The number of benzene rings is 1. The van der Waals surface area contributed by atoms with Gasteiger partial charge in [0, 0.05) is 19.5 Å². The number of rotatable bonds is 4. The molecule has 104 valence electrons. The molecule has 0 spiro atoms. The van der Waals surface area contributed by atoms with Gasteiger partial charge in [-0.05, 0) is 42.9 Å². The summed E-state index contributed by atoms with van der Waals surface area (Å²) in [7, 11) is 0. The first-order valence-electron chi connectivity index (χ1n) is 7.25. The fourth-order valence-electron chi connectivity index (χ4n) is 2.56. The van der Waals surface area contributed by atoms with Gasteiger partial charge in [-0.25, -0.2) is 0 Å². The maximum absolute atomic E-state index is 12.3.